The number of carbonyl (C=O) groups is 1. The van der Waals surface area contributed by atoms with Gasteiger partial charge in [0.1, 0.15) is 6.10 Å². The van der Waals surface area contributed by atoms with Crippen LogP contribution in [0.1, 0.15) is 24.5 Å². The number of piperidine rings is 1. The van der Waals surface area contributed by atoms with Crippen LogP contribution in [-0.4, -0.2) is 63.0 Å². The summed E-state index contributed by atoms with van der Waals surface area (Å²) in [6.07, 6.45) is 0.917. The average molecular weight is 425 g/mol. The summed E-state index contributed by atoms with van der Waals surface area (Å²) < 4.78 is 55.7. The number of amides is 1. The van der Waals surface area contributed by atoms with E-state index in [0.29, 0.717) is 18.7 Å². The second kappa shape index (κ2) is 8.38. The molecule has 2 aliphatic rings. The number of sulfone groups is 1. The Morgan fingerprint density at radius 1 is 1.26 bits per heavy atom. The number of benzene rings is 1. The molecule has 2 heterocycles. The fraction of sp³-hybridized carbons (Fsp3) is 0.588. The van der Waals surface area contributed by atoms with Crippen molar-refractivity contribution in [3.8, 4) is 0 Å². The van der Waals surface area contributed by atoms with Crippen LogP contribution in [0, 0.1) is 11.6 Å². The van der Waals surface area contributed by atoms with E-state index in [9.17, 15) is 22.0 Å². The summed E-state index contributed by atoms with van der Waals surface area (Å²) >= 11 is 0. The molecule has 3 rings (SSSR count). The van der Waals surface area contributed by atoms with Crippen LogP contribution in [0.2, 0.25) is 0 Å². The van der Waals surface area contributed by atoms with Gasteiger partial charge in [-0.25, -0.2) is 17.2 Å². The number of hydrogen-bond donors (Lipinski definition) is 1. The Bertz CT molecular complexity index is 800. The van der Waals surface area contributed by atoms with Gasteiger partial charge in [-0.2, -0.15) is 0 Å². The van der Waals surface area contributed by atoms with Crippen molar-refractivity contribution < 1.29 is 26.7 Å². The van der Waals surface area contributed by atoms with Gasteiger partial charge >= 0.3 is 0 Å². The first kappa shape index (κ1) is 22.0. The Morgan fingerprint density at radius 2 is 1.93 bits per heavy atom. The first-order chi connectivity index (χ1) is 12.2. The lowest BCUT2D eigenvalue weighted by Gasteiger charge is -2.41. The third kappa shape index (κ3) is 4.26. The molecule has 0 aliphatic carbocycles. The maximum atomic E-state index is 13.5. The van der Waals surface area contributed by atoms with Crippen LogP contribution in [0.15, 0.2) is 18.2 Å². The zero-order valence-electron chi connectivity index (χ0n) is 14.9. The molecule has 1 N–H and O–H groups in total. The van der Waals surface area contributed by atoms with E-state index in [1.165, 1.54) is 11.0 Å². The molecule has 10 heteroatoms. The Kier molecular flexibility index (Phi) is 6.83. The van der Waals surface area contributed by atoms with Crippen molar-refractivity contribution in [3.63, 3.8) is 0 Å². The number of morpholine rings is 1. The van der Waals surface area contributed by atoms with Crippen molar-refractivity contribution in [2.45, 2.75) is 23.7 Å². The topological polar surface area (TPSA) is 75.7 Å². The minimum Gasteiger partial charge on any atom is -0.370 e. The molecule has 1 aromatic carbocycles. The van der Waals surface area contributed by atoms with Crippen LogP contribution in [0.5, 0.6) is 0 Å². The van der Waals surface area contributed by atoms with Crippen molar-refractivity contribution in [1.82, 2.24) is 10.2 Å². The largest absolute Gasteiger partial charge is 0.370 e. The molecule has 2 saturated heterocycles. The lowest BCUT2D eigenvalue weighted by atomic mass is 9.94. The van der Waals surface area contributed by atoms with Gasteiger partial charge in [-0.15, -0.1) is 12.4 Å². The summed E-state index contributed by atoms with van der Waals surface area (Å²) in [6, 6.07) is 3.47. The van der Waals surface area contributed by atoms with Gasteiger partial charge in [0.2, 0.25) is 5.91 Å². The second-order valence-electron chi connectivity index (χ2n) is 6.80. The standard InChI is InChI=1S/C17H22F2N2O4S.ClH/c1-26(23,24)17(4-6-20-7-5-17)16(22)21-8-9-25-15(11-21)12-2-3-13(18)14(19)10-12;/h2-3,10,15,20H,4-9,11H2,1H3;1H. The van der Waals surface area contributed by atoms with E-state index in [4.69, 9.17) is 4.74 Å². The molecule has 0 saturated carbocycles. The summed E-state index contributed by atoms with van der Waals surface area (Å²) in [7, 11) is -3.61. The predicted octanol–water partition coefficient (Wildman–Crippen LogP) is 1.45. The lowest BCUT2D eigenvalue weighted by Crippen LogP contribution is -2.60. The van der Waals surface area contributed by atoms with E-state index in [-0.39, 0.29) is 44.9 Å². The van der Waals surface area contributed by atoms with Gasteiger partial charge in [0.05, 0.1) is 13.2 Å². The summed E-state index contributed by atoms with van der Waals surface area (Å²) in [5.74, 6) is -2.37. The molecule has 1 aromatic rings. The first-order valence-corrected chi connectivity index (χ1v) is 10.4. The van der Waals surface area contributed by atoms with E-state index in [1.807, 2.05) is 0 Å². The number of carbonyl (C=O) groups excluding carboxylic acids is 1. The summed E-state index contributed by atoms with van der Waals surface area (Å²) in [5.41, 5.74) is 0.417. The highest BCUT2D eigenvalue weighted by molar-refractivity contribution is 7.92. The van der Waals surface area contributed by atoms with E-state index in [2.05, 4.69) is 5.32 Å². The first-order valence-electron chi connectivity index (χ1n) is 8.51. The van der Waals surface area contributed by atoms with E-state index in [0.717, 1.165) is 18.4 Å². The number of halogens is 3. The van der Waals surface area contributed by atoms with Gasteiger partial charge in [-0.1, -0.05) is 6.07 Å². The van der Waals surface area contributed by atoms with E-state index >= 15 is 0 Å². The molecule has 0 bridgehead atoms. The van der Waals surface area contributed by atoms with Crippen molar-refractivity contribution >= 4 is 28.2 Å². The Hall–Kier alpha value is -1.29. The Balaban J connectivity index is 0.00000261. The van der Waals surface area contributed by atoms with E-state index in [1.54, 1.807) is 0 Å². The average Bonchev–Trinajstić information content (AvgIpc) is 2.63. The normalized spacial score (nSPS) is 22.8. The summed E-state index contributed by atoms with van der Waals surface area (Å²) in [6.45, 7) is 1.48. The molecule has 0 spiro atoms. The highest BCUT2D eigenvalue weighted by Gasteiger charge is 2.51. The van der Waals surface area contributed by atoms with Gasteiger partial charge in [-0.05, 0) is 43.6 Å². The molecule has 2 fully saturated rings. The second-order valence-corrected chi connectivity index (χ2v) is 9.13. The number of nitrogens with one attached hydrogen (secondary N) is 1. The molecular weight excluding hydrogens is 402 g/mol. The van der Waals surface area contributed by atoms with Gasteiger partial charge in [0.15, 0.2) is 26.2 Å². The van der Waals surface area contributed by atoms with Crippen molar-refractivity contribution in [2.75, 3.05) is 39.0 Å². The van der Waals surface area contributed by atoms with Crippen LogP contribution in [0.4, 0.5) is 8.78 Å². The van der Waals surface area contributed by atoms with Crippen LogP contribution < -0.4 is 5.32 Å². The van der Waals surface area contributed by atoms with Crippen LogP contribution in [-0.2, 0) is 19.4 Å². The molecule has 152 valence electrons. The fourth-order valence-corrected chi connectivity index (χ4v) is 5.00. The molecule has 0 aromatic heterocycles. The maximum absolute atomic E-state index is 13.5. The zero-order valence-corrected chi connectivity index (χ0v) is 16.5. The minimum atomic E-state index is -3.61. The van der Waals surface area contributed by atoms with Crippen LogP contribution in [0.3, 0.4) is 0 Å². The minimum absolute atomic E-state index is 0. The molecule has 1 atom stereocenters. The smallest absolute Gasteiger partial charge is 0.244 e. The zero-order chi connectivity index (χ0) is 18.9. The quantitative estimate of drug-likeness (QED) is 0.795. The number of hydrogen-bond acceptors (Lipinski definition) is 5. The molecule has 0 radical (unpaired) electrons. The van der Waals surface area contributed by atoms with Gasteiger partial charge in [0.25, 0.3) is 0 Å². The third-order valence-electron chi connectivity index (χ3n) is 5.18. The van der Waals surface area contributed by atoms with Gasteiger partial charge in [-0.3, -0.25) is 4.79 Å². The fourth-order valence-electron chi connectivity index (χ4n) is 3.61. The van der Waals surface area contributed by atoms with Gasteiger partial charge in [0, 0.05) is 12.8 Å². The Labute approximate surface area is 163 Å². The monoisotopic (exact) mass is 424 g/mol. The lowest BCUT2D eigenvalue weighted by molar-refractivity contribution is -0.142. The molecule has 1 amide bonds. The van der Waals surface area contributed by atoms with Crippen molar-refractivity contribution in [2.24, 2.45) is 0 Å². The third-order valence-corrected chi connectivity index (χ3v) is 7.18. The predicted molar refractivity (Wildman–Crippen MR) is 98.6 cm³/mol. The highest BCUT2D eigenvalue weighted by Crippen LogP contribution is 2.32. The van der Waals surface area contributed by atoms with Crippen LogP contribution >= 0.6 is 12.4 Å². The summed E-state index contributed by atoms with van der Waals surface area (Å²) in [5, 5.41) is 3.08. The van der Waals surface area contributed by atoms with Crippen LogP contribution in [0.25, 0.3) is 0 Å². The summed E-state index contributed by atoms with van der Waals surface area (Å²) in [4.78, 5) is 14.6. The number of nitrogens with zero attached hydrogens (tertiary/aromatic N) is 1. The van der Waals surface area contributed by atoms with Crippen molar-refractivity contribution in [1.29, 1.82) is 0 Å². The molecular formula is C17H23ClF2N2O4S. The molecule has 2 aliphatic heterocycles. The van der Waals surface area contributed by atoms with E-state index < -0.39 is 38.2 Å². The Morgan fingerprint density at radius 3 is 2.52 bits per heavy atom. The maximum Gasteiger partial charge on any atom is 0.244 e. The number of rotatable bonds is 3. The van der Waals surface area contributed by atoms with Crippen molar-refractivity contribution in [3.05, 3.63) is 35.4 Å². The molecule has 1 unspecified atom stereocenters. The van der Waals surface area contributed by atoms with Gasteiger partial charge < -0.3 is 15.0 Å². The molecule has 6 nitrogen and oxygen atoms in total. The molecule has 27 heavy (non-hydrogen) atoms. The highest BCUT2D eigenvalue weighted by atomic mass is 35.5. The SMILES string of the molecule is CS(=O)(=O)C1(C(=O)N2CCOC(c3ccc(F)c(F)c3)C2)CCNCC1.Cl. The number of ether oxygens (including phenoxy) is 1.